The summed E-state index contributed by atoms with van der Waals surface area (Å²) in [6, 6.07) is 4.00. The summed E-state index contributed by atoms with van der Waals surface area (Å²) in [4.78, 5) is 12.7. The van der Waals surface area contributed by atoms with Gasteiger partial charge in [0.25, 0.3) is 0 Å². The van der Waals surface area contributed by atoms with Crippen molar-refractivity contribution in [2.45, 2.75) is 30.7 Å². The van der Waals surface area contributed by atoms with Gasteiger partial charge in [0.1, 0.15) is 35.6 Å². The highest BCUT2D eigenvalue weighted by molar-refractivity contribution is 5.93. The molecule has 1 aromatic heterocycles. The number of rotatable bonds is 4. The van der Waals surface area contributed by atoms with Crippen molar-refractivity contribution in [1.82, 2.24) is 0 Å². The van der Waals surface area contributed by atoms with Gasteiger partial charge in [0.15, 0.2) is 28.6 Å². The molecule has 1 aliphatic rings. The lowest BCUT2D eigenvalue weighted by Crippen LogP contribution is -2.60. The molecular weight excluding hydrogens is 460 g/mol. The SMILES string of the molecule is O=c1c(O)c(-c2ccc(O)c(O)c2)oc2c(O)c(O[C@@H]3OC(CO)[C@@H](O)C(O)C3O)cc(O)c12. The number of fused-ring (bicyclic) bond motifs is 1. The van der Waals surface area contributed by atoms with E-state index in [0.29, 0.717) is 0 Å². The maximum absolute atomic E-state index is 12.7. The average molecular weight is 480 g/mol. The van der Waals surface area contributed by atoms with Gasteiger partial charge in [-0.15, -0.1) is 0 Å². The lowest BCUT2D eigenvalue weighted by Gasteiger charge is -2.39. The summed E-state index contributed by atoms with van der Waals surface area (Å²) in [6.45, 7) is -0.739. The Labute approximate surface area is 189 Å². The van der Waals surface area contributed by atoms with Crippen molar-refractivity contribution in [1.29, 1.82) is 0 Å². The molecule has 2 aromatic carbocycles. The summed E-state index contributed by atoms with van der Waals surface area (Å²) in [5, 5.41) is 89.1. The van der Waals surface area contributed by atoms with Crippen LogP contribution in [-0.4, -0.2) is 83.3 Å². The van der Waals surface area contributed by atoms with Crippen LogP contribution in [-0.2, 0) is 4.74 Å². The molecule has 34 heavy (non-hydrogen) atoms. The predicted octanol–water partition coefficient (Wildman–Crippen LogP) is -0.833. The van der Waals surface area contributed by atoms with E-state index in [1.165, 1.54) is 6.07 Å². The van der Waals surface area contributed by atoms with Gasteiger partial charge in [0, 0.05) is 11.6 Å². The largest absolute Gasteiger partial charge is 0.507 e. The van der Waals surface area contributed by atoms with Crippen molar-refractivity contribution >= 4 is 11.0 Å². The van der Waals surface area contributed by atoms with E-state index in [1.54, 1.807) is 0 Å². The third kappa shape index (κ3) is 3.70. The fraction of sp³-hybridized carbons (Fsp3) is 0.286. The molecule has 3 unspecified atom stereocenters. The van der Waals surface area contributed by atoms with E-state index in [-0.39, 0.29) is 5.56 Å². The van der Waals surface area contributed by atoms with E-state index < -0.39 is 94.0 Å². The molecule has 0 aliphatic carbocycles. The van der Waals surface area contributed by atoms with Crippen molar-refractivity contribution in [3.05, 3.63) is 34.5 Å². The van der Waals surface area contributed by atoms with Crippen LogP contribution in [0, 0.1) is 0 Å². The summed E-state index contributed by atoms with van der Waals surface area (Å²) < 4.78 is 16.0. The highest BCUT2D eigenvalue weighted by Gasteiger charge is 2.45. The number of benzene rings is 2. The molecule has 0 saturated carbocycles. The standard InChI is InChI=1S/C21H20O13/c22-5-11-13(26)16(29)18(31)21(33-11)32-10-4-9(25)12-15(28)17(30)19(34-20(12)14(10)27)6-1-2-7(23)8(24)3-6/h1-4,11,13,16,18,21-27,29-31H,5H2/t11?,13-,16?,18?,21-/m1/s1. The second-order valence-electron chi connectivity index (χ2n) is 7.57. The highest BCUT2D eigenvalue weighted by atomic mass is 16.7. The quantitative estimate of drug-likeness (QED) is 0.164. The van der Waals surface area contributed by atoms with Gasteiger partial charge in [-0.2, -0.15) is 0 Å². The van der Waals surface area contributed by atoms with E-state index in [1.807, 2.05) is 0 Å². The normalized spacial score (nSPS) is 24.9. The smallest absolute Gasteiger partial charge is 0.238 e. The van der Waals surface area contributed by atoms with Gasteiger partial charge in [-0.05, 0) is 18.2 Å². The number of hydrogen-bond donors (Lipinski definition) is 9. The third-order valence-electron chi connectivity index (χ3n) is 5.39. The van der Waals surface area contributed by atoms with Crippen LogP contribution in [0.4, 0.5) is 0 Å². The maximum atomic E-state index is 12.7. The fourth-order valence-corrected chi connectivity index (χ4v) is 3.54. The zero-order valence-electron chi connectivity index (χ0n) is 17.1. The molecule has 0 spiro atoms. The first-order chi connectivity index (χ1) is 16.0. The Morgan fingerprint density at radius 1 is 0.853 bits per heavy atom. The summed E-state index contributed by atoms with van der Waals surface area (Å²) in [7, 11) is 0. The van der Waals surface area contributed by atoms with Crippen LogP contribution < -0.4 is 10.2 Å². The Morgan fingerprint density at radius 3 is 2.21 bits per heavy atom. The molecule has 0 radical (unpaired) electrons. The fourth-order valence-electron chi connectivity index (χ4n) is 3.54. The molecule has 3 aromatic rings. The van der Waals surface area contributed by atoms with Gasteiger partial charge in [-0.25, -0.2) is 0 Å². The van der Waals surface area contributed by atoms with Crippen LogP contribution in [0.1, 0.15) is 0 Å². The van der Waals surface area contributed by atoms with Crippen LogP contribution in [0.15, 0.2) is 33.5 Å². The summed E-state index contributed by atoms with van der Waals surface area (Å²) >= 11 is 0. The summed E-state index contributed by atoms with van der Waals surface area (Å²) in [5.41, 5.74) is -1.85. The van der Waals surface area contributed by atoms with Gasteiger partial charge in [0.05, 0.1) is 6.61 Å². The van der Waals surface area contributed by atoms with E-state index in [4.69, 9.17) is 13.9 Å². The summed E-state index contributed by atoms with van der Waals surface area (Å²) in [5.74, 6) is -4.80. The number of hydrogen-bond acceptors (Lipinski definition) is 13. The number of aliphatic hydroxyl groups excluding tert-OH is 4. The maximum Gasteiger partial charge on any atom is 0.238 e. The number of aromatic hydroxyl groups is 5. The predicted molar refractivity (Wildman–Crippen MR) is 111 cm³/mol. The van der Waals surface area contributed by atoms with Crippen LogP contribution in [0.2, 0.25) is 0 Å². The lowest BCUT2D eigenvalue weighted by atomic mass is 9.99. The Balaban J connectivity index is 1.83. The third-order valence-corrected chi connectivity index (χ3v) is 5.39. The minimum absolute atomic E-state index is 0.0639. The molecule has 1 aliphatic heterocycles. The van der Waals surface area contributed by atoms with Gasteiger partial charge in [-0.3, -0.25) is 4.79 Å². The van der Waals surface area contributed by atoms with Crippen molar-refractivity contribution in [3.8, 4) is 45.8 Å². The monoisotopic (exact) mass is 480 g/mol. The minimum atomic E-state index is -1.84. The van der Waals surface area contributed by atoms with Crippen molar-refractivity contribution in [3.63, 3.8) is 0 Å². The number of ether oxygens (including phenoxy) is 2. The molecule has 1 fully saturated rings. The topological polar surface area (TPSA) is 231 Å². The molecule has 13 heteroatoms. The zero-order chi connectivity index (χ0) is 24.9. The van der Waals surface area contributed by atoms with Gasteiger partial charge in [0.2, 0.25) is 23.2 Å². The van der Waals surface area contributed by atoms with Gasteiger partial charge >= 0.3 is 0 Å². The van der Waals surface area contributed by atoms with Gasteiger partial charge in [-0.1, -0.05) is 0 Å². The van der Waals surface area contributed by atoms with Crippen molar-refractivity contribution in [2.75, 3.05) is 6.61 Å². The van der Waals surface area contributed by atoms with Crippen molar-refractivity contribution in [2.24, 2.45) is 0 Å². The Kier molecular flexibility index (Phi) is 5.89. The first-order valence-corrected chi connectivity index (χ1v) is 9.79. The first-order valence-electron chi connectivity index (χ1n) is 9.79. The molecule has 2 heterocycles. The second-order valence-corrected chi connectivity index (χ2v) is 7.57. The summed E-state index contributed by atoms with van der Waals surface area (Å²) in [6.07, 6.45) is -8.32. The van der Waals surface area contributed by atoms with Crippen LogP contribution in [0.3, 0.4) is 0 Å². The van der Waals surface area contributed by atoms with E-state index >= 15 is 0 Å². The molecule has 0 bridgehead atoms. The minimum Gasteiger partial charge on any atom is -0.507 e. The highest BCUT2D eigenvalue weighted by Crippen LogP contribution is 2.44. The number of phenolic OH excluding ortho intramolecular Hbond substituents is 4. The molecule has 5 atom stereocenters. The Bertz CT molecular complexity index is 1300. The second kappa shape index (κ2) is 8.55. The molecule has 13 nitrogen and oxygen atoms in total. The van der Waals surface area contributed by atoms with Crippen molar-refractivity contribution < 1.29 is 59.8 Å². The molecule has 1 saturated heterocycles. The van der Waals surface area contributed by atoms with Crippen LogP contribution in [0.25, 0.3) is 22.3 Å². The van der Waals surface area contributed by atoms with E-state index in [2.05, 4.69) is 0 Å². The zero-order valence-corrected chi connectivity index (χ0v) is 17.1. The molecule has 9 N–H and O–H groups in total. The Morgan fingerprint density at radius 2 is 1.56 bits per heavy atom. The Hall–Kier alpha value is -3.75. The number of aliphatic hydroxyl groups is 4. The van der Waals surface area contributed by atoms with E-state index in [9.17, 15) is 50.8 Å². The molecule has 4 rings (SSSR count). The van der Waals surface area contributed by atoms with Crippen LogP contribution in [0.5, 0.6) is 34.5 Å². The lowest BCUT2D eigenvalue weighted by molar-refractivity contribution is -0.277. The first kappa shape index (κ1) is 23.4. The molecule has 0 amide bonds. The molecular formula is C21H20O13. The average Bonchev–Trinajstić information content (AvgIpc) is 2.81. The molecule has 182 valence electrons. The van der Waals surface area contributed by atoms with Crippen LogP contribution >= 0.6 is 0 Å². The van der Waals surface area contributed by atoms with E-state index in [0.717, 1.165) is 18.2 Å². The van der Waals surface area contributed by atoms with Gasteiger partial charge < -0.3 is 59.8 Å². The number of phenols is 4.